The van der Waals surface area contributed by atoms with Gasteiger partial charge in [-0.1, -0.05) is 0 Å². The third kappa shape index (κ3) is 2.53. The first-order valence-electron chi connectivity index (χ1n) is 4.83. The predicted octanol–water partition coefficient (Wildman–Crippen LogP) is 1.88. The average molecular weight is 233 g/mol. The first-order valence-corrected chi connectivity index (χ1v) is 4.83. The first-order chi connectivity index (χ1) is 7.47. The van der Waals surface area contributed by atoms with E-state index in [1.165, 1.54) is 18.7 Å². The molecule has 1 fully saturated rings. The van der Waals surface area contributed by atoms with Gasteiger partial charge in [-0.2, -0.15) is 13.2 Å². The summed E-state index contributed by atoms with van der Waals surface area (Å²) in [4.78, 5) is 16.2. The van der Waals surface area contributed by atoms with Crippen LogP contribution in [0.15, 0.2) is 18.7 Å². The lowest BCUT2D eigenvalue weighted by atomic mass is 10.4. The van der Waals surface area contributed by atoms with E-state index in [-0.39, 0.29) is 6.04 Å². The van der Waals surface area contributed by atoms with Gasteiger partial charge < -0.3 is 4.90 Å². The zero-order chi connectivity index (χ0) is 11.8. The van der Waals surface area contributed by atoms with E-state index in [4.69, 9.17) is 0 Å². The number of alkyl halides is 3. The summed E-state index contributed by atoms with van der Waals surface area (Å²) in [5.41, 5.74) is 0. The van der Waals surface area contributed by atoms with E-state index in [2.05, 4.69) is 4.98 Å². The van der Waals surface area contributed by atoms with Gasteiger partial charge in [0.15, 0.2) is 0 Å². The Morgan fingerprint density at radius 2 is 2.19 bits per heavy atom. The van der Waals surface area contributed by atoms with Gasteiger partial charge in [0, 0.05) is 18.4 Å². The number of imidazole rings is 1. The SMILES string of the molecule is O=C(N(CC(F)(F)F)C1CC1)n1ccnc1. The number of halogens is 3. The summed E-state index contributed by atoms with van der Waals surface area (Å²) in [5.74, 6) is 0. The Morgan fingerprint density at radius 1 is 1.50 bits per heavy atom. The van der Waals surface area contributed by atoms with Crippen molar-refractivity contribution in [2.45, 2.75) is 25.1 Å². The molecule has 1 aliphatic carbocycles. The Morgan fingerprint density at radius 3 is 2.62 bits per heavy atom. The summed E-state index contributed by atoms with van der Waals surface area (Å²) in [6.45, 7) is -1.20. The number of hydrogen-bond acceptors (Lipinski definition) is 2. The van der Waals surface area contributed by atoms with Gasteiger partial charge >= 0.3 is 12.2 Å². The minimum absolute atomic E-state index is 0.281. The first kappa shape index (κ1) is 11.0. The highest BCUT2D eigenvalue weighted by Crippen LogP contribution is 2.30. The summed E-state index contributed by atoms with van der Waals surface area (Å²) in [5, 5.41) is 0. The van der Waals surface area contributed by atoms with Crippen molar-refractivity contribution < 1.29 is 18.0 Å². The molecule has 7 heteroatoms. The fourth-order valence-corrected chi connectivity index (χ4v) is 1.45. The number of carbonyl (C=O) groups is 1. The average Bonchev–Trinajstić information content (AvgIpc) is 2.87. The normalized spacial score (nSPS) is 16.2. The zero-order valence-corrected chi connectivity index (χ0v) is 8.31. The summed E-state index contributed by atoms with van der Waals surface area (Å²) in [7, 11) is 0. The van der Waals surface area contributed by atoms with E-state index in [0.29, 0.717) is 12.8 Å². The lowest BCUT2D eigenvalue weighted by Gasteiger charge is -2.23. The molecule has 0 unspecified atom stereocenters. The molecule has 0 aromatic carbocycles. The Kier molecular flexibility index (Phi) is 2.61. The highest BCUT2D eigenvalue weighted by Gasteiger charge is 2.41. The van der Waals surface area contributed by atoms with Crippen molar-refractivity contribution in [2.24, 2.45) is 0 Å². The van der Waals surface area contributed by atoms with E-state index in [0.717, 1.165) is 9.47 Å². The molecule has 1 aromatic heterocycles. The molecule has 0 atom stereocenters. The maximum Gasteiger partial charge on any atom is 0.406 e. The second-order valence-electron chi connectivity index (χ2n) is 3.73. The molecule has 1 saturated carbocycles. The molecule has 4 nitrogen and oxygen atoms in total. The van der Waals surface area contributed by atoms with Crippen LogP contribution in [0, 0.1) is 0 Å². The molecule has 0 bridgehead atoms. The third-order valence-corrected chi connectivity index (χ3v) is 2.31. The molecule has 0 saturated heterocycles. The van der Waals surface area contributed by atoms with Gasteiger partial charge in [0.25, 0.3) is 0 Å². The maximum atomic E-state index is 12.3. The smallest absolute Gasteiger partial charge is 0.312 e. The summed E-state index contributed by atoms with van der Waals surface area (Å²) < 4.78 is 37.9. The van der Waals surface area contributed by atoms with Gasteiger partial charge in [-0.15, -0.1) is 0 Å². The molecular formula is C9H10F3N3O. The van der Waals surface area contributed by atoms with E-state index >= 15 is 0 Å². The Labute approximate surface area is 89.7 Å². The molecule has 0 N–H and O–H groups in total. The summed E-state index contributed by atoms with van der Waals surface area (Å²) in [6, 6.07) is -0.950. The maximum absolute atomic E-state index is 12.3. The standard InChI is InChI=1S/C9H10F3N3O/c10-9(11,12)5-15(7-1-2-7)8(16)14-4-3-13-6-14/h3-4,6-7H,1-2,5H2. The van der Waals surface area contributed by atoms with Crippen molar-refractivity contribution in [3.63, 3.8) is 0 Å². The quantitative estimate of drug-likeness (QED) is 0.782. The van der Waals surface area contributed by atoms with E-state index in [1.807, 2.05) is 0 Å². The van der Waals surface area contributed by atoms with E-state index in [1.54, 1.807) is 0 Å². The van der Waals surface area contributed by atoms with Crippen LogP contribution in [0.4, 0.5) is 18.0 Å². The number of aromatic nitrogens is 2. The molecule has 1 aromatic rings. The Balaban J connectivity index is 2.11. The Bertz CT molecular complexity index is 370. The lowest BCUT2D eigenvalue weighted by molar-refractivity contribution is -0.140. The Hall–Kier alpha value is -1.53. The van der Waals surface area contributed by atoms with Crippen molar-refractivity contribution in [2.75, 3.05) is 6.54 Å². The van der Waals surface area contributed by atoms with Crippen molar-refractivity contribution in [1.82, 2.24) is 14.5 Å². The van der Waals surface area contributed by atoms with E-state index in [9.17, 15) is 18.0 Å². The van der Waals surface area contributed by atoms with Crippen LogP contribution in [0.3, 0.4) is 0 Å². The van der Waals surface area contributed by atoms with Gasteiger partial charge in [0.1, 0.15) is 12.9 Å². The molecule has 2 rings (SSSR count). The number of carbonyl (C=O) groups excluding carboxylic acids is 1. The summed E-state index contributed by atoms with van der Waals surface area (Å²) >= 11 is 0. The molecular weight excluding hydrogens is 223 g/mol. The van der Waals surface area contributed by atoms with Crippen LogP contribution in [-0.4, -0.2) is 39.2 Å². The van der Waals surface area contributed by atoms with Gasteiger partial charge in [0.2, 0.25) is 0 Å². The molecule has 1 amide bonds. The van der Waals surface area contributed by atoms with Crippen molar-refractivity contribution in [3.8, 4) is 0 Å². The van der Waals surface area contributed by atoms with Crippen LogP contribution >= 0.6 is 0 Å². The molecule has 0 spiro atoms. The van der Waals surface area contributed by atoms with Crippen LogP contribution in [0.1, 0.15) is 12.8 Å². The molecule has 16 heavy (non-hydrogen) atoms. The van der Waals surface area contributed by atoms with Gasteiger partial charge in [-0.05, 0) is 12.8 Å². The second-order valence-corrected chi connectivity index (χ2v) is 3.73. The second kappa shape index (κ2) is 3.80. The van der Waals surface area contributed by atoms with E-state index < -0.39 is 18.8 Å². The molecule has 88 valence electrons. The van der Waals surface area contributed by atoms with Crippen LogP contribution in [0.5, 0.6) is 0 Å². The number of rotatable bonds is 2. The zero-order valence-electron chi connectivity index (χ0n) is 8.31. The van der Waals surface area contributed by atoms with Gasteiger partial charge in [-0.3, -0.25) is 4.57 Å². The van der Waals surface area contributed by atoms with Gasteiger partial charge in [-0.25, -0.2) is 9.78 Å². The van der Waals surface area contributed by atoms with Crippen LogP contribution in [0.25, 0.3) is 0 Å². The predicted molar refractivity (Wildman–Crippen MR) is 48.8 cm³/mol. The van der Waals surface area contributed by atoms with Crippen molar-refractivity contribution in [3.05, 3.63) is 18.7 Å². The number of amides is 1. The number of hydrogen-bond donors (Lipinski definition) is 0. The fraction of sp³-hybridized carbons (Fsp3) is 0.556. The minimum atomic E-state index is -4.36. The highest BCUT2D eigenvalue weighted by molar-refractivity contribution is 5.77. The molecule has 0 aliphatic heterocycles. The van der Waals surface area contributed by atoms with Gasteiger partial charge in [0.05, 0.1) is 0 Å². The highest BCUT2D eigenvalue weighted by atomic mass is 19.4. The third-order valence-electron chi connectivity index (χ3n) is 2.31. The molecule has 1 aliphatic rings. The molecule has 0 radical (unpaired) electrons. The molecule has 1 heterocycles. The minimum Gasteiger partial charge on any atom is -0.312 e. The topological polar surface area (TPSA) is 38.1 Å². The van der Waals surface area contributed by atoms with Crippen LogP contribution in [0.2, 0.25) is 0 Å². The largest absolute Gasteiger partial charge is 0.406 e. The summed E-state index contributed by atoms with van der Waals surface area (Å²) in [6.07, 6.45) is 0.810. The fourth-order valence-electron chi connectivity index (χ4n) is 1.45. The van der Waals surface area contributed by atoms with Crippen LogP contribution < -0.4 is 0 Å². The number of nitrogens with zero attached hydrogens (tertiary/aromatic N) is 3. The van der Waals surface area contributed by atoms with Crippen LogP contribution in [-0.2, 0) is 0 Å². The lowest BCUT2D eigenvalue weighted by Crippen LogP contribution is -2.42. The van der Waals surface area contributed by atoms with Crippen molar-refractivity contribution >= 4 is 6.03 Å². The monoisotopic (exact) mass is 233 g/mol. The van der Waals surface area contributed by atoms with Crippen molar-refractivity contribution in [1.29, 1.82) is 0 Å².